The molecule has 3 heterocycles. The number of nitrogen functional groups attached to an aromatic ring is 1. The number of aliphatic hydroxyl groups excluding tert-OH is 2. The van der Waals surface area contributed by atoms with Gasteiger partial charge in [-0.1, -0.05) is 19.8 Å². The van der Waals surface area contributed by atoms with Crippen molar-refractivity contribution in [2.45, 2.75) is 50.7 Å². The highest BCUT2D eigenvalue weighted by Crippen LogP contribution is 2.66. The first-order valence-electron chi connectivity index (χ1n) is 10.9. The Morgan fingerprint density at radius 3 is 2.28 bits per heavy atom. The number of hydrogen-bond acceptors (Lipinski definition) is 19. The molecule has 39 heavy (non-hydrogen) atoms. The molecule has 24 heteroatoms. The van der Waals surface area contributed by atoms with Crippen LogP contribution in [0.3, 0.4) is 0 Å². The Kier molecular flexibility index (Phi) is 10.3. The van der Waals surface area contributed by atoms with Crippen LogP contribution in [0.2, 0.25) is 0 Å². The van der Waals surface area contributed by atoms with Gasteiger partial charge >= 0.3 is 0 Å². The first-order valence-corrected chi connectivity index (χ1v) is 17.0. The fourth-order valence-corrected chi connectivity index (χ4v) is 8.77. The van der Waals surface area contributed by atoms with Crippen molar-refractivity contribution in [1.29, 1.82) is 0 Å². The fraction of sp³-hybridized carbons (Fsp3) is 0.667. The molecule has 2 aromatic rings. The number of phosphoric ester groups is 1. The highest BCUT2D eigenvalue weighted by atomic mass is 31.3. The number of anilines is 1. The summed E-state index contributed by atoms with van der Waals surface area (Å²) in [5.74, 6) is 0.00274. The third kappa shape index (κ3) is 8.66. The summed E-state index contributed by atoms with van der Waals surface area (Å²) in [6.45, 7) is 0.609. The number of nitrogens with zero attached hydrogens (tertiary/aromatic N) is 4. The third-order valence-corrected chi connectivity index (χ3v) is 11.4. The van der Waals surface area contributed by atoms with Crippen molar-refractivity contribution in [3.8, 4) is 0 Å². The Bertz CT molecular complexity index is 1360. The molecule has 3 rings (SSSR count). The molecule has 8 atom stereocenters. The van der Waals surface area contributed by atoms with Crippen LogP contribution in [0, 0.1) is 0 Å². The van der Waals surface area contributed by atoms with E-state index in [0.717, 1.165) is 17.2 Å². The summed E-state index contributed by atoms with van der Waals surface area (Å²) >= 11 is 0. The van der Waals surface area contributed by atoms with Gasteiger partial charge in [0.05, 0.1) is 12.9 Å². The molecular weight excluding hydrogens is 614 g/mol. The number of phosphoric acid groups is 3. The lowest BCUT2D eigenvalue weighted by molar-refractivity contribution is -0.251. The first kappa shape index (κ1) is 32.3. The lowest BCUT2D eigenvalue weighted by Gasteiger charge is -2.36. The molecule has 20 nitrogen and oxygen atoms in total. The number of unbranched alkanes of at least 4 members (excludes halogenated alkanes) is 2. The summed E-state index contributed by atoms with van der Waals surface area (Å²) in [6.07, 6.45) is -3.95. The zero-order chi connectivity index (χ0) is 29.2. The molecule has 2 aromatic heterocycles. The van der Waals surface area contributed by atoms with Gasteiger partial charge in [0.15, 0.2) is 17.7 Å². The normalized spacial score (nSPS) is 28.0. The van der Waals surface area contributed by atoms with E-state index in [1.54, 1.807) is 6.92 Å². The van der Waals surface area contributed by atoms with E-state index in [4.69, 9.17) is 10.5 Å². The van der Waals surface area contributed by atoms with Gasteiger partial charge in [-0.25, -0.2) is 23.6 Å². The van der Waals surface area contributed by atoms with Crippen LogP contribution in [0.4, 0.5) is 5.82 Å². The number of hydrogen-bond donors (Lipinski definition) is 3. The maximum atomic E-state index is 12.0. The average molecular weight is 637 g/mol. The summed E-state index contributed by atoms with van der Waals surface area (Å²) in [6, 6.07) is 0. The standard InChI is InChI=1S/C15H27N5O15P4/c1-2-3-4-5-36(23,24)33-38(27,28)35-39(29,30)34-37(25,26)31-6-9-11(21)12(22)15(32-9)20-8-19-10-13(16)17-7-18-14(10)20/h7-9,11-12,15,21-22H,2-6H2,1H3,(H,23,24)(H,25,26)(H,27,28)(H,29,30)(H2,16,17,18)/p-4/t9-,11+,12?,15-/m1/s1. The lowest BCUT2D eigenvalue weighted by Crippen LogP contribution is -2.34. The van der Waals surface area contributed by atoms with E-state index in [0.29, 0.717) is 12.8 Å². The monoisotopic (exact) mass is 637 g/mol. The van der Waals surface area contributed by atoms with Crippen molar-refractivity contribution < 1.29 is 70.2 Å². The van der Waals surface area contributed by atoms with Gasteiger partial charge in [0, 0.05) is 6.16 Å². The number of aromatic nitrogens is 4. The van der Waals surface area contributed by atoms with Crippen LogP contribution in [-0.4, -0.2) is 60.8 Å². The number of rotatable bonds is 14. The van der Waals surface area contributed by atoms with E-state index in [2.05, 4.69) is 32.4 Å². The largest absolute Gasteiger partial charge is 0.778 e. The maximum absolute atomic E-state index is 12.0. The molecule has 0 amide bonds. The van der Waals surface area contributed by atoms with E-state index in [9.17, 15) is 48.0 Å². The van der Waals surface area contributed by atoms with Crippen molar-refractivity contribution in [2.24, 2.45) is 0 Å². The molecule has 222 valence electrons. The Morgan fingerprint density at radius 1 is 0.974 bits per heavy atom. The minimum absolute atomic E-state index is 0.00274. The summed E-state index contributed by atoms with van der Waals surface area (Å²) in [4.78, 5) is 58.9. The Labute approximate surface area is 220 Å². The van der Waals surface area contributed by atoms with Gasteiger partial charge in [0.2, 0.25) is 0 Å². The minimum Gasteiger partial charge on any atom is -0.778 e. The van der Waals surface area contributed by atoms with Gasteiger partial charge in [0.25, 0.3) is 23.5 Å². The van der Waals surface area contributed by atoms with E-state index >= 15 is 0 Å². The third-order valence-electron chi connectivity index (χ3n) is 5.06. The minimum atomic E-state index is -6.33. The molecule has 5 unspecified atom stereocenters. The van der Waals surface area contributed by atoms with E-state index in [1.165, 1.54) is 0 Å². The van der Waals surface area contributed by atoms with Crippen molar-refractivity contribution in [1.82, 2.24) is 19.5 Å². The van der Waals surface area contributed by atoms with Gasteiger partial charge in [-0.3, -0.25) is 22.6 Å². The van der Waals surface area contributed by atoms with E-state index in [1.807, 2.05) is 0 Å². The predicted molar refractivity (Wildman–Crippen MR) is 120 cm³/mol. The number of imidazole rings is 1. The molecule has 0 aliphatic carbocycles. The second kappa shape index (κ2) is 12.4. The summed E-state index contributed by atoms with van der Waals surface area (Å²) in [7, 11) is -23.5. The Balaban J connectivity index is 1.60. The molecule has 4 N–H and O–H groups in total. The van der Waals surface area contributed by atoms with E-state index in [-0.39, 0.29) is 23.4 Å². The Hall–Kier alpha value is -1.17. The second-order valence-corrected chi connectivity index (χ2v) is 14.6. The zero-order valence-electron chi connectivity index (χ0n) is 19.9. The van der Waals surface area contributed by atoms with Gasteiger partial charge in [-0.15, -0.1) is 0 Å². The number of fused-ring (bicyclic) bond motifs is 1. The molecular formula is C15H23N5O15P4-4. The molecule has 1 saturated heterocycles. The molecule has 1 aliphatic rings. The quantitative estimate of drug-likeness (QED) is 0.153. The molecule has 1 fully saturated rings. The average Bonchev–Trinajstić information content (AvgIpc) is 3.32. The van der Waals surface area contributed by atoms with Crippen molar-refractivity contribution in [2.75, 3.05) is 18.5 Å². The van der Waals surface area contributed by atoms with Gasteiger partial charge < -0.3 is 49.3 Å². The van der Waals surface area contributed by atoms with Crippen LogP contribution in [0.25, 0.3) is 11.2 Å². The fourth-order valence-electron chi connectivity index (χ4n) is 3.36. The first-order chi connectivity index (χ1) is 18.0. The van der Waals surface area contributed by atoms with Crippen LogP contribution in [0.5, 0.6) is 0 Å². The van der Waals surface area contributed by atoms with Gasteiger partial charge in [-0.05, 0) is 6.42 Å². The highest BCUT2D eigenvalue weighted by Gasteiger charge is 2.45. The molecule has 0 saturated carbocycles. The van der Waals surface area contributed by atoms with Gasteiger partial charge in [-0.2, -0.15) is 0 Å². The van der Waals surface area contributed by atoms with Crippen molar-refractivity contribution >= 4 is 48.0 Å². The van der Waals surface area contributed by atoms with Crippen LogP contribution in [-0.2, 0) is 40.5 Å². The summed E-state index contributed by atoms with van der Waals surface area (Å²) in [5.41, 5.74) is 5.92. The van der Waals surface area contributed by atoms with Crippen LogP contribution in [0.1, 0.15) is 32.4 Å². The van der Waals surface area contributed by atoms with Crippen LogP contribution < -0.4 is 25.3 Å². The van der Waals surface area contributed by atoms with Crippen molar-refractivity contribution in [3.05, 3.63) is 12.7 Å². The number of ether oxygens (including phenoxy) is 1. The maximum Gasteiger partial charge on any atom is 0.280 e. The molecule has 0 radical (unpaired) electrons. The van der Waals surface area contributed by atoms with Crippen LogP contribution >= 0.6 is 31.1 Å². The second-order valence-electron chi connectivity index (χ2n) is 8.05. The summed E-state index contributed by atoms with van der Waals surface area (Å²) in [5, 5.41) is 20.6. The topological polar surface area (TPSA) is 317 Å². The zero-order valence-corrected chi connectivity index (χ0v) is 23.4. The molecule has 1 aliphatic heterocycles. The van der Waals surface area contributed by atoms with Crippen molar-refractivity contribution in [3.63, 3.8) is 0 Å². The smallest absolute Gasteiger partial charge is 0.280 e. The molecule has 0 spiro atoms. The highest BCUT2D eigenvalue weighted by molar-refractivity contribution is 7.69. The predicted octanol–water partition coefficient (Wildman–Crippen LogP) is -1.76. The summed E-state index contributed by atoms with van der Waals surface area (Å²) < 4.78 is 69.0. The SMILES string of the molecule is CCCCCP(=O)([O-])OP(=O)([O-])OP(=O)([O-])OP(=O)([O-])OC[C@H]1O[C@@H](n2cnc3c(N)ncnc32)C(O)[C@H]1O. The van der Waals surface area contributed by atoms with Crippen LogP contribution in [0.15, 0.2) is 12.7 Å². The Morgan fingerprint density at radius 2 is 1.62 bits per heavy atom. The number of aliphatic hydroxyl groups is 2. The van der Waals surface area contributed by atoms with E-state index < -0.39 is 68.4 Å². The molecule has 0 aromatic carbocycles. The lowest BCUT2D eigenvalue weighted by atomic mass is 10.1. The molecule has 0 bridgehead atoms. The number of nitrogens with two attached hydrogens (primary N) is 1. The van der Waals surface area contributed by atoms with Gasteiger partial charge in [0.1, 0.15) is 37.8 Å².